The van der Waals surface area contributed by atoms with E-state index in [4.69, 9.17) is 0 Å². The quantitative estimate of drug-likeness (QED) is 0.571. The minimum atomic E-state index is 1.11. The maximum Gasteiger partial charge on any atom is 0.187 e. The average molecular weight is 137 g/mol. The van der Waals surface area contributed by atoms with Crippen molar-refractivity contribution in [3.8, 4) is 0 Å². The van der Waals surface area contributed by atoms with Gasteiger partial charge in [-0.25, -0.2) is 4.57 Å². The molecule has 2 nitrogen and oxygen atoms in total. The van der Waals surface area contributed by atoms with Crippen LogP contribution in [0.2, 0.25) is 0 Å². The van der Waals surface area contributed by atoms with Crippen LogP contribution < -0.4 is 4.57 Å². The van der Waals surface area contributed by atoms with E-state index in [1.54, 1.807) is 0 Å². The average Bonchev–Trinajstić information content (AvgIpc) is 2.03. The molecule has 0 N–H and O–H groups in total. The first-order valence-electron chi connectivity index (χ1n) is 3.72. The van der Waals surface area contributed by atoms with Gasteiger partial charge in [0, 0.05) is 6.42 Å². The van der Waals surface area contributed by atoms with Gasteiger partial charge in [0.25, 0.3) is 0 Å². The SMILES string of the molecule is CCCC[n+]1ccncc1. The van der Waals surface area contributed by atoms with Gasteiger partial charge in [0.2, 0.25) is 0 Å². The van der Waals surface area contributed by atoms with Crippen molar-refractivity contribution in [1.29, 1.82) is 0 Å². The van der Waals surface area contributed by atoms with E-state index in [0.29, 0.717) is 0 Å². The highest BCUT2D eigenvalue weighted by Crippen LogP contribution is 1.84. The zero-order valence-electron chi connectivity index (χ0n) is 6.33. The molecule has 0 radical (unpaired) electrons. The van der Waals surface area contributed by atoms with Crippen LogP contribution >= 0.6 is 0 Å². The van der Waals surface area contributed by atoms with Gasteiger partial charge in [-0.2, -0.15) is 0 Å². The van der Waals surface area contributed by atoms with E-state index < -0.39 is 0 Å². The van der Waals surface area contributed by atoms with Crippen LogP contribution in [0, 0.1) is 0 Å². The highest BCUT2D eigenvalue weighted by atomic mass is 14.9. The topological polar surface area (TPSA) is 16.8 Å². The molecule has 0 atom stereocenters. The molecule has 0 saturated heterocycles. The van der Waals surface area contributed by atoms with Crippen molar-refractivity contribution in [2.75, 3.05) is 0 Å². The van der Waals surface area contributed by atoms with Gasteiger partial charge in [0.05, 0.1) is 12.4 Å². The molecule has 0 aliphatic heterocycles. The third-order valence-corrected chi connectivity index (χ3v) is 1.46. The monoisotopic (exact) mass is 137 g/mol. The fourth-order valence-electron chi connectivity index (χ4n) is 0.837. The van der Waals surface area contributed by atoms with Crippen LogP contribution in [0.3, 0.4) is 0 Å². The summed E-state index contributed by atoms with van der Waals surface area (Å²) in [5.41, 5.74) is 0. The Kier molecular flexibility index (Phi) is 2.87. The van der Waals surface area contributed by atoms with Gasteiger partial charge in [-0.15, -0.1) is 0 Å². The molecule has 0 fully saturated rings. The predicted molar refractivity (Wildman–Crippen MR) is 39.3 cm³/mol. The number of aromatic nitrogens is 2. The van der Waals surface area contributed by atoms with E-state index in [2.05, 4.69) is 16.5 Å². The zero-order valence-corrected chi connectivity index (χ0v) is 6.33. The number of hydrogen-bond acceptors (Lipinski definition) is 1. The lowest BCUT2D eigenvalue weighted by molar-refractivity contribution is -0.697. The van der Waals surface area contributed by atoms with Crippen molar-refractivity contribution < 1.29 is 4.57 Å². The normalized spacial score (nSPS) is 9.70. The van der Waals surface area contributed by atoms with Crippen LogP contribution in [0.1, 0.15) is 19.8 Å². The Labute approximate surface area is 61.5 Å². The first-order chi connectivity index (χ1) is 4.93. The van der Waals surface area contributed by atoms with Gasteiger partial charge in [-0.1, -0.05) is 13.3 Å². The van der Waals surface area contributed by atoms with Crippen LogP contribution in [-0.4, -0.2) is 4.98 Å². The second-order valence-electron chi connectivity index (χ2n) is 2.34. The van der Waals surface area contributed by atoms with E-state index >= 15 is 0 Å². The molecular formula is C8H13N2+. The summed E-state index contributed by atoms with van der Waals surface area (Å²) in [6.07, 6.45) is 10.1. The molecule has 0 aromatic carbocycles. The summed E-state index contributed by atoms with van der Waals surface area (Å²) >= 11 is 0. The first kappa shape index (κ1) is 7.19. The van der Waals surface area contributed by atoms with Crippen LogP contribution in [-0.2, 0) is 6.54 Å². The van der Waals surface area contributed by atoms with Crippen molar-refractivity contribution in [2.45, 2.75) is 26.3 Å². The fourth-order valence-corrected chi connectivity index (χ4v) is 0.837. The van der Waals surface area contributed by atoms with Gasteiger partial charge >= 0.3 is 0 Å². The Morgan fingerprint density at radius 2 is 2.00 bits per heavy atom. The summed E-state index contributed by atoms with van der Waals surface area (Å²) in [4.78, 5) is 3.93. The van der Waals surface area contributed by atoms with E-state index in [9.17, 15) is 0 Å². The second kappa shape index (κ2) is 3.99. The number of unbranched alkanes of at least 4 members (excludes halogenated alkanes) is 1. The summed E-state index contributed by atoms with van der Waals surface area (Å²) in [6.45, 7) is 3.31. The standard InChI is InChI=1S/C8H13N2/c1-2-3-6-10-7-4-9-5-8-10/h4-5,7-8H,2-3,6H2,1H3/q+1. The fraction of sp³-hybridized carbons (Fsp3) is 0.500. The molecule has 0 unspecified atom stereocenters. The van der Waals surface area contributed by atoms with Crippen molar-refractivity contribution in [1.82, 2.24) is 4.98 Å². The van der Waals surface area contributed by atoms with E-state index in [1.165, 1.54) is 12.8 Å². The Morgan fingerprint density at radius 3 is 2.60 bits per heavy atom. The molecule has 0 aliphatic carbocycles. The molecule has 0 amide bonds. The lowest BCUT2D eigenvalue weighted by atomic mass is 10.3. The van der Waals surface area contributed by atoms with Crippen molar-refractivity contribution in [3.05, 3.63) is 24.8 Å². The van der Waals surface area contributed by atoms with E-state index in [-0.39, 0.29) is 0 Å². The summed E-state index contributed by atoms with van der Waals surface area (Å²) in [5.74, 6) is 0. The van der Waals surface area contributed by atoms with Gasteiger partial charge in [0.15, 0.2) is 12.4 Å². The summed E-state index contributed by atoms with van der Waals surface area (Å²) < 4.78 is 2.15. The molecule has 54 valence electrons. The van der Waals surface area contributed by atoms with Crippen LogP contribution in [0.4, 0.5) is 0 Å². The summed E-state index contributed by atoms with van der Waals surface area (Å²) in [6, 6.07) is 0. The molecule has 0 bridgehead atoms. The van der Waals surface area contributed by atoms with E-state index in [1.807, 2.05) is 24.8 Å². The molecule has 0 spiro atoms. The van der Waals surface area contributed by atoms with Crippen LogP contribution in [0.15, 0.2) is 24.8 Å². The molecule has 2 heteroatoms. The maximum atomic E-state index is 3.93. The first-order valence-corrected chi connectivity index (χ1v) is 3.72. The highest BCUT2D eigenvalue weighted by Gasteiger charge is 1.94. The van der Waals surface area contributed by atoms with Gasteiger partial charge in [-0.05, 0) is 0 Å². The third-order valence-electron chi connectivity index (χ3n) is 1.46. The second-order valence-corrected chi connectivity index (χ2v) is 2.34. The third kappa shape index (κ3) is 2.13. The molecule has 0 aliphatic rings. The summed E-state index contributed by atoms with van der Waals surface area (Å²) in [7, 11) is 0. The largest absolute Gasteiger partial charge is 0.252 e. The van der Waals surface area contributed by atoms with Crippen LogP contribution in [0.5, 0.6) is 0 Å². The highest BCUT2D eigenvalue weighted by molar-refractivity contribution is 4.62. The molecular weight excluding hydrogens is 124 g/mol. The molecule has 0 saturated carbocycles. The van der Waals surface area contributed by atoms with Crippen molar-refractivity contribution >= 4 is 0 Å². The molecule has 1 aromatic heterocycles. The summed E-state index contributed by atoms with van der Waals surface area (Å²) in [5, 5.41) is 0. The number of rotatable bonds is 3. The number of hydrogen-bond donors (Lipinski definition) is 0. The predicted octanol–water partition coefficient (Wildman–Crippen LogP) is 1.17. The van der Waals surface area contributed by atoms with E-state index in [0.717, 1.165) is 6.54 Å². The van der Waals surface area contributed by atoms with Crippen molar-refractivity contribution in [3.63, 3.8) is 0 Å². The van der Waals surface area contributed by atoms with Crippen molar-refractivity contribution in [2.24, 2.45) is 0 Å². The van der Waals surface area contributed by atoms with Gasteiger partial charge in [-0.3, -0.25) is 4.98 Å². The number of aryl methyl sites for hydroxylation is 1. The number of nitrogens with zero attached hydrogens (tertiary/aromatic N) is 2. The minimum Gasteiger partial charge on any atom is -0.252 e. The lowest BCUT2D eigenvalue weighted by Crippen LogP contribution is -2.32. The Hall–Kier alpha value is -0.920. The Bertz CT molecular complexity index is 172. The molecule has 10 heavy (non-hydrogen) atoms. The van der Waals surface area contributed by atoms with Gasteiger partial charge in [0.1, 0.15) is 6.54 Å². The van der Waals surface area contributed by atoms with Gasteiger partial charge < -0.3 is 0 Å². The Morgan fingerprint density at radius 1 is 1.30 bits per heavy atom. The molecule has 1 rings (SSSR count). The molecule has 1 aromatic rings. The zero-order chi connectivity index (χ0) is 7.23. The maximum absolute atomic E-state index is 3.93. The minimum absolute atomic E-state index is 1.11. The lowest BCUT2D eigenvalue weighted by Gasteiger charge is -1.91. The smallest absolute Gasteiger partial charge is 0.187 e. The van der Waals surface area contributed by atoms with Crippen LogP contribution in [0.25, 0.3) is 0 Å². The molecule has 1 heterocycles. The Balaban J connectivity index is 2.43.